The Morgan fingerprint density at radius 2 is 0.870 bits per heavy atom. The fourth-order valence-electron chi connectivity index (χ4n) is 3.50. The van der Waals surface area contributed by atoms with Gasteiger partial charge in [0, 0.05) is 24.7 Å². The maximum Gasteiger partial charge on any atom is 0.299 e. The lowest BCUT2D eigenvalue weighted by molar-refractivity contribution is -0.393. The Morgan fingerprint density at radius 1 is 0.478 bits per heavy atom. The zero-order valence-electron chi connectivity index (χ0n) is 25.4. The van der Waals surface area contributed by atoms with E-state index in [4.69, 9.17) is 37.9 Å². The van der Waals surface area contributed by atoms with Gasteiger partial charge in [0.25, 0.3) is 17.1 Å². The lowest BCUT2D eigenvalue weighted by Gasteiger charge is -2.09. The third-order valence-corrected chi connectivity index (χ3v) is 5.73. The van der Waals surface area contributed by atoms with E-state index in [2.05, 4.69) is 5.32 Å². The predicted molar refractivity (Wildman–Crippen MR) is 163 cm³/mol. The van der Waals surface area contributed by atoms with E-state index in [-0.39, 0.29) is 35.9 Å². The van der Waals surface area contributed by atoms with E-state index in [0.29, 0.717) is 98.2 Å². The number of non-ortho nitro benzene ring substituents is 2. The topological polar surface area (TPSA) is 215 Å². The molecule has 0 aliphatic carbocycles. The molecule has 0 heterocycles. The molecule has 256 valence electrons. The van der Waals surface area contributed by atoms with E-state index >= 15 is 0 Å². The van der Waals surface area contributed by atoms with Crippen molar-refractivity contribution in [1.82, 2.24) is 0 Å². The number of hydrogen-bond donors (Lipinski definition) is 1. The number of benzene rings is 2. The number of nitro groups is 3. The van der Waals surface area contributed by atoms with Crippen LogP contribution in [-0.4, -0.2) is 120 Å². The zero-order valence-corrected chi connectivity index (χ0v) is 25.4. The highest BCUT2D eigenvalue weighted by atomic mass is 16.6. The van der Waals surface area contributed by atoms with E-state index in [1.165, 1.54) is 24.3 Å². The van der Waals surface area contributed by atoms with Crippen molar-refractivity contribution in [3.8, 4) is 5.75 Å². The second kappa shape index (κ2) is 24.2. The third-order valence-electron chi connectivity index (χ3n) is 5.73. The maximum atomic E-state index is 11.1. The molecular formula is C28H40N4O14. The number of ether oxygens (including phenoxy) is 8. The first kappa shape index (κ1) is 38.1. The molecule has 0 bridgehead atoms. The monoisotopic (exact) mass is 656 g/mol. The van der Waals surface area contributed by atoms with Gasteiger partial charge in [-0.15, -0.1) is 0 Å². The van der Waals surface area contributed by atoms with Crippen LogP contribution < -0.4 is 10.1 Å². The standard InChI is InChI=1S/C28H40N4O14/c33-30(34)24-1-4-26(5-2-24)46-22-21-45-20-19-44-18-17-43-16-15-42-14-13-41-12-11-40-10-9-39-8-7-29-27-6-3-25(31(35)36)23-28(27)32(37)38/h1-6,23,29H,7-22H2. The zero-order chi connectivity index (χ0) is 33.2. The number of nitro benzene ring substituents is 3. The summed E-state index contributed by atoms with van der Waals surface area (Å²) in [5.41, 5.74) is -0.536. The molecule has 0 fully saturated rings. The van der Waals surface area contributed by atoms with Crippen molar-refractivity contribution in [3.63, 3.8) is 0 Å². The van der Waals surface area contributed by atoms with Gasteiger partial charge in [-0.3, -0.25) is 30.3 Å². The summed E-state index contributed by atoms with van der Waals surface area (Å²) < 4.78 is 43.4. The van der Waals surface area contributed by atoms with Gasteiger partial charge in [-0.25, -0.2) is 0 Å². The lowest BCUT2D eigenvalue weighted by Crippen LogP contribution is -2.15. The highest BCUT2D eigenvalue weighted by Crippen LogP contribution is 2.28. The van der Waals surface area contributed by atoms with Crippen LogP contribution in [0.4, 0.5) is 22.7 Å². The van der Waals surface area contributed by atoms with Crippen LogP contribution in [0.15, 0.2) is 42.5 Å². The van der Waals surface area contributed by atoms with Crippen molar-refractivity contribution in [2.24, 2.45) is 0 Å². The fraction of sp³-hybridized carbons (Fsp3) is 0.571. The molecule has 0 atom stereocenters. The summed E-state index contributed by atoms with van der Waals surface area (Å²) in [6, 6.07) is 9.25. The Balaban J connectivity index is 1.26. The fourth-order valence-corrected chi connectivity index (χ4v) is 3.50. The van der Waals surface area contributed by atoms with Crippen molar-refractivity contribution < 1.29 is 52.7 Å². The molecule has 46 heavy (non-hydrogen) atoms. The van der Waals surface area contributed by atoms with Crippen LogP contribution >= 0.6 is 0 Å². The minimum absolute atomic E-state index is 0.0107. The van der Waals surface area contributed by atoms with E-state index in [9.17, 15) is 30.3 Å². The van der Waals surface area contributed by atoms with Gasteiger partial charge in [0.15, 0.2) is 0 Å². The number of anilines is 1. The molecule has 0 saturated carbocycles. The summed E-state index contributed by atoms with van der Waals surface area (Å²) in [7, 11) is 0. The van der Waals surface area contributed by atoms with E-state index < -0.39 is 14.8 Å². The molecule has 0 unspecified atom stereocenters. The Hall–Kier alpha value is -4.04. The molecule has 18 heteroatoms. The molecule has 0 spiro atoms. The van der Waals surface area contributed by atoms with E-state index in [1.54, 1.807) is 12.1 Å². The molecule has 2 aromatic carbocycles. The van der Waals surface area contributed by atoms with Crippen LogP contribution in [0.25, 0.3) is 0 Å². The van der Waals surface area contributed by atoms with Gasteiger partial charge >= 0.3 is 0 Å². The second-order valence-corrected chi connectivity index (χ2v) is 9.03. The first-order valence-corrected chi connectivity index (χ1v) is 14.5. The Bertz CT molecular complexity index is 1160. The Morgan fingerprint density at radius 3 is 1.28 bits per heavy atom. The van der Waals surface area contributed by atoms with Crippen LogP contribution in [0.3, 0.4) is 0 Å². The van der Waals surface area contributed by atoms with Crippen LogP contribution in [0.1, 0.15) is 0 Å². The van der Waals surface area contributed by atoms with Crippen LogP contribution in [-0.2, 0) is 33.2 Å². The minimum atomic E-state index is -0.687. The molecule has 0 aromatic heterocycles. The molecule has 0 aliphatic heterocycles. The number of nitrogens with zero attached hydrogens (tertiary/aromatic N) is 3. The van der Waals surface area contributed by atoms with Crippen LogP contribution in [0, 0.1) is 30.3 Å². The molecular weight excluding hydrogens is 616 g/mol. The average Bonchev–Trinajstić information content (AvgIpc) is 3.04. The largest absolute Gasteiger partial charge is 0.491 e. The molecule has 2 rings (SSSR count). The maximum absolute atomic E-state index is 11.1. The van der Waals surface area contributed by atoms with Gasteiger partial charge in [0.2, 0.25) is 0 Å². The van der Waals surface area contributed by atoms with Gasteiger partial charge < -0.3 is 43.2 Å². The third kappa shape index (κ3) is 17.4. The van der Waals surface area contributed by atoms with Crippen molar-refractivity contribution in [1.29, 1.82) is 0 Å². The van der Waals surface area contributed by atoms with E-state index in [1.807, 2.05) is 0 Å². The van der Waals surface area contributed by atoms with Crippen molar-refractivity contribution in [2.45, 2.75) is 0 Å². The van der Waals surface area contributed by atoms with Gasteiger partial charge in [-0.05, 0) is 18.2 Å². The smallest absolute Gasteiger partial charge is 0.299 e. The molecule has 1 N–H and O–H groups in total. The highest BCUT2D eigenvalue weighted by molar-refractivity contribution is 5.65. The summed E-state index contributed by atoms with van der Waals surface area (Å²) >= 11 is 0. The molecule has 0 radical (unpaired) electrons. The first-order valence-electron chi connectivity index (χ1n) is 14.5. The normalized spacial score (nSPS) is 11.0. The van der Waals surface area contributed by atoms with Crippen LogP contribution in [0.5, 0.6) is 5.75 Å². The van der Waals surface area contributed by atoms with Gasteiger partial charge in [-0.1, -0.05) is 0 Å². The number of hydrogen-bond acceptors (Lipinski definition) is 15. The van der Waals surface area contributed by atoms with Crippen molar-refractivity contribution in [3.05, 3.63) is 72.8 Å². The molecule has 0 amide bonds. The van der Waals surface area contributed by atoms with E-state index in [0.717, 1.165) is 6.07 Å². The van der Waals surface area contributed by atoms with Crippen LogP contribution in [0.2, 0.25) is 0 Å². The van der Waals surface area contributed by atoms with Gasteiger partial charge in [0.05, 0.1) is 113 Å². The molecule has 0 aliphatic rings. The lowest BCUT2D eigenvalue weighted by atomic mass is 10.2. The summed E-state index contributed by atoms with van der Waals surface area (Å²) in [5.74, 6) is 0.538. The summed E-state index contributed by atoms with van der Waals surface area (Å²) in [6.07, 6.45) is 0. The second-order valence-electron chi connectivity index (χ2n) is 9.03. The summed E-state index contributed by atoms with van der Waals surface area (Å²) in [6.45, 7) is 6.12. The summed E-state index contributed by atoms with van der Waals surface area (Å²) in [5, 5.41) is 35.4. The van der Waals surface area contributed by atoms with Gasteiger partial charge in [-0.2, -0.15) is 0 Å². The number of rotatable bonds is 29. The Kier molecular flexibility index (Phi) is 20.1. The molecule has 0 saturated heterocycles. The SMILES string of the molecule is O=[N+]([O-])c1ccc(OCCOCCOCCOCCOCCOCCOCCOCCNc2ccc([N+](=O)[O-])cc2[N+](=O)[O-])cc1. The Labute approximate surface area is 265 Å². The summed E-state index contributed by atoms with van der Waals surface area (Å²) in [4.78, 5) is 30.7. The predicted octanol–water partition coefficient (Wildman–Crippen LogP) is 3.02. The minimum Gasteiger partial charge on any atom is -0.491 e. The van der Waals surface area contributed by atoms with Crippen molar-refractivity contribution in [2.75, 3.05) is 111 Å². The molecule has 2 aromatic rings. The first-order chi connectivity index (χ1) is 22.4. The highest BCUT2D eigenvalue weighted by Gasteiger charge is 2.19. The quantitative estimate of drug-likeness (QED) is 0.0756. The molecule has 18 nitrogen and oxygen atoms in total. The number of nitrogens with one attached hydrogen (secondary N) is 1. The van der Waals surface area contributed by atoms with Gasteiger partial charge in [0.1, 0.15) is 18.0 Å². The van der Waals surface area contributed by atoms with Crippen molar-refractivity contribution >= 4 is 22.7 Å². The average molecular weight is 657 g/mol.